The van der Waals surface area contributed by atoms with Gasteiger partial charge in [-0.3, -0.25) is 19.2 Å². The third kappa shape index (κ3) is 4.17. The Balaban J connectivity index is 2.53. The van der Waals surface area contributed by atoms with E-state index in [4.69, 9.17) is 0 Å². The molecule has 0 bridgehead atoms. The summed E-state index contributed by atoms with van der Waals surface area (Å²) < 4.78 is 31.5. The van der Waals surface area contributed by atoms with Crippen molar-refractivity contribution in [3.05, 3.63) is 64.2 Å². The molecule has 0 heterocycles. The normalized spacial score (nSPS) is 11.0. The Morgan fingerprint density at radius 1 is 1.19 bits per heavy atom. The van der Waals surface area contributed by atoms with Gasteiger partial charge < -0.3 is 4.74 Å². The summed E-state index contributed by atoms with van der Waals surface area (Å²) in [5, 5.41) is 10.9. The minimum atomic E-state index is -4.21. The molecule has 2 aromatic carbocycles. The third-order valence-corrected chi connectivity index (χ3v) is 5.52. The SMILES string of the molecule is CCc1ccc(N(CC(=O)OC)S(=O)(=O)c2cccc([N+](=O)[O-])c2)cc1. The van der Waals surface area contributed by atoms with Crippen molar-refractivity contribution in [2.45, 2.75) is 18.2 Å². The first-order chi connectivity index (χ1) is 12.3. The van der Waals surface area contributed by atoms with Crippen LogP contribution in [0.3, 0.4) is 0 Å². The van der Waals surface area contributed by atoms with Gasteiger partial charge in [0.25, 0.3) is 15.7 Å². The smallest absolute Gasteiger partial charge is 0.326 e. The van der Waals surface area contributed by atoms with Gasteiger partial charge in [-0.05, 0) is 30.2 Å². The highest BCUT2D eigenvalue weighted by Crippen LogP contribution is 2.26. The molecule has 0 fully saturated rings. The van der Waals surface area contributed by atoms with Crippen molar-refractivity contribution < 1.29 is 22.9 Å². The molecule has 26 heavy (non-hydrogen) atoms. The number of sulfonamides is 1. The van der Waals surface area contributed by atoms with Gasteiger partial charge in [-0.25, -0.2) is 8.42 Å². The van der Waals surface area contributed by atoms with Gasteiger partial charge in [0, 0.05) is 12.1 Å². The van der Waals surface area contributed by atoms with Crippen molar-refractivity contribution in [2.24, 2.45) is 0 Å². The van der Waals surface area contributed by atoms with Crippen LogP contribution in [0.25, 0.3) is 0 Å². The van der Waals surface area contributed by atoms with Gasteiger partial charge in [-0.1, -0.05) is 25.1 Å². The minimum Gasteiger partial charge on any atom is -0.468 e. The Morgan fingerprint density at radius 3 is 2.38 bits per heavy atom. The first kappa shape index (κ1) is 19.4. The van der Waals surface area contributed by atoms with E-state index < -0.39 is 27.5 Å². The van der Waals surface area contributed by atoms with E-state index in [0.29, 0.717) is 0 Å². The number of ether oxygens (including phenoxy) is 1. The summed E-state index contributed by atoms with van der Waals surface area (Å²) in [7, 11) is -3.05. The van der Waals surface area contributed by atoms with Crippen LogP contribution in [-0.4, -0.2) is 33.0 Å². The summed E-state index contributed by atoms with van der Waals surface area (Å²) >= 11 is 0. The Kier molecular flexibility index (Phi) is 5.93. The molecule has 0 amide bonds. The fourth-order valence-corrected chi connectivity index (χ4v) is 3.73. The first-order valence-corrected chi connectivity index (χ1v) is 9.16. The summed E-state index contributed by atoms with van der Waals surface area (Å²) in [5.41, 5.74) is 0.907. The number of hydrogen-bond acceptors (Lipinski definition) is 6. The lowest BCUT2D eigenvalue weighted by Gasteiger charge is -2.23. The van der Waals surface area contributed by atoms with Crippen molar-refractivity contribution in [3.8, 4) is 0 Å². The quantitative estimate of drug-likeness (QED) is 0.416. The number of nitro groups is 1. The number of nitro benzene ring substituents is 1. The summed E-state index contributed by atoms with van der Waals surface area (Å²) in [6.45, 7) is 1.41. The number of carbonyl (C=O) groups excluding carboxylic acids is 1. The molecule has 0 aromatic heterocycles. The average molecular weight is 378 g/mol. The second kappa shape index (κ2) is 7.96. The van der Waals surface area contributed by atoms with Gasteiger partial charge in [-0.2, -0.15) is 0 Å². The maximum atomic E-state index is 13.0. The van der Waals surface area contributed by atoms with Crippen LogP contribution in [-0.2, 0) is 26.0 Å². The molecule has 2 rings (SSSR count). The summed E-state index contributed by atoms with van der Waals surface area (Å²) in [6.07, 6.45) is 0.773. The molecule has 8 nitrogen and oxygen atoms in total. The highest BCUT2D eigenvalue weighted by Gasteiger charge is 2.28. The lowest BCUT2D eigenvalue weighted by molar-refractivity contribution is -0.385. The molecule has 0 radical (unpaired) electrons. The highest BCUT2D eigenvalue weighted by molar-refractivity contribution is 7.92. The fraction of sp³-hybridized carbons (Fsp3) is 0.235. The number of anilines is 1. The number of methoxy groups -OCH3 is 1. The number of esters is 1. The van der Waals surface area contributed by atoms with Crippen molar-refractivity contribution >= 4 is 27.4 Å². The number of aryl methyl sites for hydroxylation is 1. The molecule has 0 aliphatic heterocycles. The average Bonchev–Trinajstić information content (AvgIpc) is 2.65. The van der Waals surface area contributed by atoms with E-state index >= 15 is 0 Å². The molecule has 0 unspecified atom stereocenters. The first-order valence-electron chi connectivity index (χ1n) is 7.72. The summed E-state index contributed by atoms with van der Waals surface area (Å²) in [5.74, 6) is -0.751. The molecule has 0 N–H and O–H groups in total. The number of hydrogen-bond donors (Lipinski definition) is 0. The number of rotatable bonds is 7. The van der Waals surface area contributed by atoms with Crippen LogP contribution in [0.15, 0.2) is 53.4 Å². The van der Waals surface area contributed by atoms with Crippen molar-refractivity contribution in [3.63, 3.8) is 0 Å². The zero-order valence-corrected chi connectivity index (χ0v) is 15.1. The van der Waals surface area contributed by atoms with Crippen LogP contribution < -0.4 is 4.31 Å². The molecule has 2 aromatic rings. The Morgan fingerprint density at radius 2 is 1.85 bits per heavy atom. The summed E-state index contributed by atoms with van der Waals surface area (Å²) in [6, 6.07) is 11.3. The maximum absolute atomic E-state index is 13.0. The number of benzene rings is 2. The highest BCUT2D eigenvalue weighted by atomic mass is 32.2. The van der Waals surface area contributed by atoms with Gasteiger partial charge in [0.15, 0.2) is 0 Å². The van der Waals surface area contributed by atoms with Crippen LogP contribution in [0, 0.1) is 10.1 Å². The van der Waals surface area contributed by atoms with Crippen LogP contribution in [0.1, 0.15) is 12.5 Å². The predicted molar refractivity (Wildman–Crippen MR) is 95.5 cm³/mol. The molecule has 0 aliphatic rings. The third-order valence-electron chi connectivity index (χ3n) is 3.75. The number of carbonyl (C=O) groups is 1. The monoisotopic (exact) mass is 378 g/mol. The van der Waals surface area contributed by atoms with E-state index in [1.165, 1.54) is 18.2 Å². The topological polar surface area (TPSA) is 107 Å². The zero-order chi connectivity index (χ0) is 19.3. The van der Waals surface area contributed by atoms with Crippen molar-refractivity contribution in [1.29, 1.82) is 0 Å². The van der Waals surface area contributed by atoms with Gasteiger partial charge in [-0.15, -0.1) is 0 Å². The molecule has 0 aliphatic carbocycles. The molecular formula is C17H18N2O6S. The minimum absolute atomic E-state index is 0.263. The van der Waals surface area contributed by atoms with Gasteiger partial charge >= 0.3 is 5.97 Å². The van der Waals surface area contributed by atoms with Crippen LogP contribution in [0.5, 0.6) is 0 Å². The van der Waals surface area contributed by atoms with Crippen LogP contribution >= 0.6 is 0 Å². The van der Waals surface area contributed by atoms with E-state index in [2.05, 4.69) is 4.74 Å². The van der Waals surface area contributed by atoms with Crippen molar-refractivity contribution in [1.82, 2.24) is 0 Å². The Bertz CT molecular complexity index is 909. The van der Waals surface area contributed by atoms with Gasteiger partial charge in [0.2, 0.25) is 0 Å². The van der Waals surface area contributed by atoms with E-state index in [-0.39, 0.29) is 16.3 Å². The molecule has 138 valence electrons. The standard InChI is InChI=1S/C17H18N2O6S/c1-3-13-7-9-14(10-8-13)18(12-17(20)25-2)26(23,24)16-6-4-5-15(11-16)19(21)22/h4-11H,3,12H2,1-2H3. The molecule has 0 spiro atoms. The second-order valence-electron chi connectivity index (χ2n) is 5.36. The van der Waals surface area contributed by atoms with Gasteiger partial charge in [0.05, 0.1) is 22.6 Å². The van der Waals surface area contributed by atoms with E-state index in [1.54, 1.807) is 24.3 Å². The Labute approximate surface area is 151 Å². The molecule has 0 saturated heterocycles. The Hall–Kier alpha value is -2.94. The molecular weight excluding hydrogens is 360 g/mol. The fourth-order valence-electron chi connectivity index (χ4n) is 2.28. The largest absolute Gasteiger partial charge is 0.468 e. The molecule has 0 atom stereocenters. The lowest BCUT2D eigenvalue weighted by Crippen LogP contribution is -2.36. The van der Waals surface area contributed by atoms with E-state index in [9.17, 15) is 23.3 Å². The van der Waals surface area contributed by atoms with E-state index in [1.807, 2.05) is 6.92 Å². The van der Waals surface area contributed by atoms with E-state index in [0.717, 1.165) is 29.5 Å². The molecule has 0 saturated carbocycles. The zero-order valence-electron chi connectivity index (χ0n) is 14.3. The number of non-ortho nitro benzene ring substituents is 1. The maximum Gasteiger partial charge on any atom is 0.326 e. The van der Waals surface area contributed by atoms with Crippen molar-refractivity contribution in [2.75, 3.05) is 18.0 Å². The molecule has 9 heteroatoms. The summed E-state index contributed by atoms with van der Waals surface area (Å²) in [4.78, 5) is 21.7. The lowest BCUT2D eigenvalue weighted by atomic mass is 10.1. The van der Waals surface area contributed by atoms with Crippen LogP contribution in [0.2, 0.25) is 0 Å². The second-order valence-corrected chi connectivity index (χ2v) is 7.22. The number of nitrogens with zero attached hydrogens (tertiary/aromatic N) is 2. The van der Waals surface area contributed by atoms with Gasteiger partial charge in [0.1, 0.15) is 6.54 Å². The van der Waals surface area contributed by atoms with Crippen LogP contribution in [0.4, 0.5) is 11.4 Å². The predicted octanol–water partition coefficient (Wildman–Crippen LogP) is 2.53.